The van der Waals surface area contributed by atoms with E-state index in [0.717, 1.165) is 32.0 Å². The van der Waals surface area contributed by atoms with Gasteiger partial charge in [0.2, 0.25) is 0 Å². The summed E-state index contributed by atoms with van der Waals surface area (Å²) in [6.07, 6.45) is 0. The zero-order valence-corrected chi connectivity index (χ0v) is 16.5. The van der Waals surface area contributed by atoms with E-state index >= 15 is 0 Å². The Hall–Kier alpha value is -2.44. The summed E-state index contributed by atoms with van der Waals surface area (Å²) in [6, 6.07) is 7.71. The van der Waals surface area contributed by atoms with Crippen LogP contribution < -0.4 is 0 Å². The van der Waals surface area contributed by atoms with Gasteiger partial charge < -0.3 is 9.47 Å². The highest BCUT2D eigenvalue weighted by Gasteiger charge is 2.31. The number of methoxy groups -OCH3 is 2. The molecule has 0 spiro atoms. The molecule has 26 heavy (non-hydrogen) atoms. The van der Waals surface area contributed by atoms with Gasteiger partial charge in [-0.2, -0.15) is 0 Å². The minimum Gasteiger partial charge on any atom is -0.465 e. The van der Waals surface area contributed by atoms with Crippen molar-refractivity contribution < 1.29 is 19.1 Å². The SMILES string of the molecule is COC(=O)c1c(C(=O)OC)c(-c2cccs2)c(C)c(C)c1-c1cccs1. The highest BCUT2D eigenvalue weighted by molar-refractivity contribution is 7.14. The predicted molar refractivity (Wildman–Crippen MR) is 105 cm³/mol. The van der Waals surface area contributed by atoms with Gasteiger partial charge in [0.25, 0.3) is 0 Å². The predicted octanol–water partition coefficient (Wildman–Crippen LogP) is 5.33. The molecule has 3 rings (SSSR count). The van der Waals surface area contributed by atoms with E-state index in [4.69, 9.17) is 9.47 Å². The van der Waals surface area contributed by atoms with Crippen molar-refractivity contribution in [1.82, 2.24) is 0 Å². The Balaban J connectivity index is 2.51. The molecule has 2 aromatic heterocycles. The Labute approximate surface area is 160 Å². The zero-order chi connectivity index (χ0) is 18.8. The topological polar surface area (TPSA) is 52.6 Å². The van der Waals surface area contributed by atoms with Crippen LogP contribution in [0.4, 0.5) is 0 Å². The van der Waals surface area contributed by atoms with Crippen molar-refractivity contribution in [3.05, 3.63) is 57.3 Å². The summed E-state index contributed by atoms with van der Waals surface area (Å²) < 4.78 is 10.1. The van der Waals surface area contributed by atoms with Gasteiger partial charge in [-0.15, -0.1) is 22.7 Å². The van der Waals surface area contributed by atoms with E-state index in [1.165, 1.54) is 36.9 Å². The molecule has 1 aromatic carbocycles. The highest BCUT2D eigenvalue weighted by atomic mass is 32.1. The summed E-state index contributed by atoms with van der Waals surface area (Å²) in [5.74, 6) is -1.09. The minimum absolute atomic E-state index is 0.258. The van der Waals surface area contributed by atoms with Crippen molar-refractivity contribution in [3.8, 4) is 20.9 Å². The van der Waals surface area contributed by atoms with Crippen LogP contribution in [0, 0.1) is 13.8 Å². The standard InChI is InChI=1S/C20H18O4S2/c1-11-12(2)16(14-8-6-10-26-14)18(20(22)24-4)17(19(21)23-3)15(11)13-7-5-9-25-13/h5-10H,1-4H3. The Morgan fingerprint density at radius 3 is 1.42 bits per heavy atom. The van der Waals surface area contributed by atoms with Gasteiger partial charge in [-0.25, -0.2) is 9.59 Å². The summed E-state index contributed by atoms with van der Waals surface area (Å²) in [5, 5.41) is 3.88. The van der Waals surface area contributed by atoms with Crippen LogP contribution in [-0.2, 0) is 9.47 Å². The van der Waals surface area contributed by atoms with E-state index in [1.54, 1.807) is 0 Å². The molecule has 0 fully saturated rings. The van der Waals surface area contributed by atoms with Crippen LogP contribution in [0.3, 0.4) is 0 Å². The molecule has 2 heterocycles. The fourth-order valence-electron chi connectivity index (χ4n) is 3.07. The Morgan fingerprint density at radius 2 is 1.15 bits per heavy atom. The van der Waals surface area contributed by atoms with Crippen LogP contribution in [-0.4, -0.2) is 26.2 Å². The molecule has 0 N–H and O–H groups in total. The molecular weight excluding hydrogens is 368 g/mol. The lowest BCUT2D eigenvalue weighted by Crippen LogP contribution is -2.17. The first-order valence-electron chi connectivity index (χ1n) is 7.92. The number of carbonyl (C=O) groups is 2. The Kier molecular flexibility index (Phi) is 5.25. The smallest absolute Gasteiger partial charge is 0.339 e. The van der Waals surface area contributed by atoms with Gasteiger partial charge >= 0.3 is 11.9 Å². The summed E-state index contributed by atoms with van der Waals surface area (Å²) in [7, 11) is 2.64. The lowest BCUT2D eigenvalue weighted by Gasteiger charge is -2.20. The number of carbonyl (C=O) groups excluding carboxylic acids is 2. The second-order valence-electron chi connectivity index (χ2n) is 5.69. The second-order valence-corrected chi connectivity index (χ2v) is 7.58. The lowest BCUT2D eigenvalue weighted by molar-refractivity contribution is 0.0556. The largest absolute Gasteiger partial charge is 0.465 e. The van der Waals surface area contributed by atoms with Gasteiger partial charge in [0.15, 0.2) is 0 Å². The summed E-state index contributed by atoms with van der Waals surface area (Å²) >= 11 is 3.03. The van der Waals surface area contributed by atoms with E-state index < -0.39 is 11.9 Å². The molecule has 134 valence electrons. The molecule has 0 aliphatic heterocycles. The second kappa shape index (κ2) is 7.43. The van der Waals surface area contributed by atoms with Crippen LogP contribution in [0.2, 0.25) is 0 Å². The molecule has 0 unspecified atom stereocenters. The molecule has 4 nitrogen and oxygen atoms in total. The monoisotopic (exact) mass is 386 g/mol. The molecular formula is C20H18O4S2. The van der Waals surface area contributed by atoms with Crippen molar-refractivity contribution >= 4 is 34.6 Å². The van der Waals surface area contributed by atoms with Gasteiger partial charge in [0.05, 0.1) is 25.3 Å². The highest BCUT2D eigenvalue weighted by Crippen LogP contribution is 2.42. The maximum atomic E-state index is 12.7. The van der Waals surface area contributed by atoms with Gasteiger partial charge in [0.1, 0.15) is 0 Å². The summed E-state index contributed by atoms with van der Waals surface area (Å²) in [6.45, 7) is 3.93. The average Bonchev–Trinajstić information content (AvgIpc) is 3.35. The van der Waals surface area contributed by atoms with Crippen molar-refractivity contribution in [2.75, 3.05) is 14.2 Å². The van der Waals surface area contributed by atoms with Gasteiger partial charge in [-0.1, -0.05) is 12.1 Å². The minimum atomic E-state index is -0.547. The number of thiophene rings is 2. The third-order valence-corrected chi connectivity index (χ3v) is 6.15. The van der Waals surface area contributed by atoms with Crippen LogP contribution >= 0.6 is 22.7 Å². The first kappa shape index (κ1) is 18.4. The van der Waals surface area contributed by atoms with E-state index in [9.17, 15) is 9.59 Å². The third kappa shape index (κ3) is 2.95. The van der Waals surface area contributed by atoms with Gasteiger partial charge in [-0.05, 0) is 47.9 Å². The van der Waals surface area contributed by atoms with Crippen LogP contribution in [0.15, 0.2) is 35.0 Å². The van der Waals surface area contributed by atoms with Crippen LogP contribution in [0.1, 0.15) is 31.8 Å². The molecule has 0 amide bonds. The van der Waals surface area contributed by atoms with Crippen LogP contribution in [0.25, 0.3) is 20.9 Å². The van der Waals surface area contributed by atoms with Crippen molar-refractivity contribution in [3.63, 3.8) is 0 Å². The fraction of sp³-hybridized carbons (Fsp3) is 0.200. The van der Waals surface area contributed by atoms with Crippen molar-refractivity contribution in [2.24, 2.45) is 0 Å². The van der Waals surface area contributed by atoms with Gasteiger partial charge in [0, 0.05) is 20.9 Å². The Bertz CT molecular complexity index is 875. The van der Waals surface area contributed by atoms with Crippen LogP contribution in [0.5, 0.6) is 0 Å². The Morgan fingerprint density at radius 1 is 0.769 bits per heavy atom. The fourth-order valence-corrected chi connectivity index (χ4v) is 4.74. The number of ether oxygens (including phenoxy) is 2. The number of hydrogen-bond acceptors (Lipinski definition) is 6. The first-order chi connectivity index (χ1) is 12.5. The number of hydrogen-bond donors (Lipinski definition) is 0. The van der Waals surface area contributed by atoms with E-state index in [1.807, 2.05) is 48.9 Å². The molecule has 0 saturated carbocycles. The normalized spacial score (nSPS) is 10.6. The van der Waals surface area contributed by atoms with Crippen molar-refractivity contribution in [2.45, 2.75) is 13.8 Å². The number of esters is 2. The average molecular weight is 386 g/mol. The molecule has 0 bridgehead atoms. The molecule has 0 atom stereocenters. The maximum Gasteiger partial charge on any atom is 0.339 e. The van der Waals surface area contributed by atoms with Crippen molar-refractivity contribution in [1.29, 1.82) is 0 Å². The zero-order valence-electron chi connectivity index (χ0n) is 14.9. The third-order valence-electron chi connectivity index (χ3n) is 4.38. The summed E-state index contributed by atoms with van der Waals surface area (Å²) in [4.78, 5) is 27.3. The van der Waals surface area contributed by atoms with Gasteiger partial charge in [-0.3, -0.25) is 0 Å². The molecule has 0 saturated heterocycles. The molecule has 6 heteroatoms. The maximum absolute atomic E-state index is 12.7. The molecule has 0 aliphatic rings. The molecule has 0 radical (unpaired) electrons. The van der Waals surface area contributed by atoms with E-state index in [-0.39, 0.29) is 11.1 Å². The number of benzene rings is 1. The number of rotatable bonds is 4. The molecule has 0 aliphatic carbocycles. The van der Waals surface area contributed by atoms with E-state index in [2.05, 4.69) is 0 Å². The quantitative estimate of drug-likeness (QED) is 0.569. The first-order valence-corrected chi connectivity index (χ1v) is 9.68. The molecule has 3 aromatic rings. The lowest BCUT2D eigenvalue weighted by atomic mass is 9.86. The van der Waals surface area contributed by atoms with E-state index in [0.29, 0.717) is 0 Å². The summed E-state index contributed by atoms with van der Waals surface area (Å²) in [5.41, 5.74) is 3.87.